The van der Waals surface area contributed by atoms with Crippen LogP contribution in [-0.2, 0) is 0 Å². The number of rotatable bonds is 5. The molecule has 0 fully saturated rings. The van der Waals surface area contributed by atoms with Gasteiger partial charge in [0.1, 0.15) is 18.1 Å². The quantitative estimate of drug-likeness (QED) is 0.424. The third-order valence-corrected chi connectivity index (χ3v) is 3.69. The van der Waals surface area contributed by atoms with E-state index < -0.39 is 5.91 Å². The highest BCUT2D eigenvalue weighted by Crippen LogP contribution is 2.24. The van der Waals surface area contributed by atoms with Crippen molar-refractivity contribution in [1.82, 2.24) is 5.43 Å². The van der Waals surface area contributed by atoms with Crippen molar-refractivity contribution >= 4 is 22.9 Å². The number of phenolic OH excluding ortho intramolecular Hbond substituents is 1. The maximum Gasteiger partial charge on any atom is 0.275 e. The van der Waals surface area contributed by atoms with Crippen molar-refractivity contribution in [3.63, 3.8) is 0 Å². The van der Waals surface area contributed by atoms with E-state index in [0.29, 0.717) is 5.75 Å². The lowest BCUT2D eigenvalue weighted by Crippen LogP contribution is -2.17. The number of hydrazone groups is 1. The Labute approximate surface area is 150 Å². The van der Waals surface area contributed by atoms with Crippen LogP contribution in [0.4, 0.5) is 0 Å². The molecule has 0 aromatic heterocycles. The normalized spacial score (nSPS) is 10.6. The highest BCUT2D eigenvalue weighted by Gasteiger charge is 2.11. The van der Waals surface area contributed by atoms with Crippen molar-refractivity contribution in [3.05, 3.63) is 71.8 Å². The predicted octanol–water partition coefficient (Wildman–Crippen LogP) is 3.32. The maximum atomic E-state index is 12.2. The zero-order valence-corrected chi connectivity index (χ0v) is 13.8. The molecule has 0 radical (unpaired) electrons. The number of terminal acetylenes is 1. The molecule has 26 heavy (non-hydrogen) atoms. The minimum atomic E-state index is -0.488. The van der Waals surface area contributed by atoms with Crippen LogP contribution in [0.15, 0.2) is 65.8 Å². The Kier molecular flexibility index (Phi) is 5.16. The number of hydrogen-bond acceptors (Lipinski definition) is 4. The van der Waals surface area contributed by atoms with Crippen molar-refractivity contribution < 1.29 is 14.6 Å². The van der Waals surface area contributed by atoms with E-state index in [2.05, 4.69) is 16.4 Å². The number of aromatic hydroxyl groups is 1. The summed E-state index contributed by atoms with van der Waals surface area (Å²) in [5.74, 6) is 2.47. The van der Waals surface area contributed by atoms with Crippen LogP contribution in [0.5, 0.6) is 11.5 Å². The van der Waals surface area contributed by atoms with Gasteiger partial charge >= 0.3 is 0 Å². The second-order valence-electron chi connectivity index (χ2n) is 5.48. The molecule has 128 valence electrons. The fourth-order valence-electron chi connectivity index (χ4n) is 2.41. The number of amides is 1. The van der Waals surface area contributed by atoms with Crippen LogP contribution in [0, 0.1) is 12.3 Å². The number of carbonyl (C=O) groups is 1. The monoisotopic (exact) mass is 344 g/mol. The van der Waals surface area contributed by atoms with Crippen molar-refractivity contribution in [3.8, 4) is 23.8 Å². The van der Waals surface area contributed by atoms with E-state index in [-0.39, 0.29) is 17.9 Å². The van der Waals surface area contributed by atoms with Gasteiger partial charge in [-0.05, 0) is 52.7 Å². The van der Waals surface area contributed by atoms with E-state index in [4.69, 9.17) is 11.2 Å². The topological polar surface area (TPSA) is 70.9 Å². The Balaban J connectivity index is 1.67. The van der Waals surface area contributed by atoms with Crippen LogP contribution >= 0.6 is 0 Å². The summed E-state index contributed by atoms with van der Waals surface area (Å²) in [6.07, 6.45) is 6.64. The Hall–Kier alpha value is -3.78. The summed E-state index contributed by atoms with van der Waals surface area (Å²) < 4.78 is 5.28. The van der Waals surface area contributed by atoms with Crippen molar-refractivity contribution in [2.75, 3.05) is 6.61 Å². The first-order valence-electron chi connectivity index (χ1n) is 7.89. The summed E-state index contributed by atoms with van der Waals surface area (Å²) in [6.45, 7) is 0.207. The highest BCUT2D eigenvalue weighted by molar-refractivity contribution is 6.01. The molecule has 0 saturated carbocycles. The van der Waals surface area contributed by atoms with Crippen LogP contribution in [0.1, 0.15) is 15.9 Å². The van der Waals surface area contributed by atoms with E-state index in [1.165, 1.54) is 6.21 Å². The summed E-state index contributed by atoms with van der Waals surface area (Å²) in [5.41, 5.74) is 3.36. The molecule has 0 saturated heterocycles. The lowest BCUT2D eigenvalue weighted by molar-refractivity contribution is 0.0952. The van der Waals surface area contributed by atoms with E-state index in [1.54, 1.807) is 36.4 Å². The van der Waals surface area contributed by atoms with Crippen LogP contribution in [0.2, 0.25) is 0 Å². The molecule has 0 aliphatic heterocycles. The fourth-order valence-corrected chi connectivity index (χ4v) is 2.41. The minimum absolute atomic E-state index is 0.0913. The summed E-state index contributed by atoms with van der Waals surface area (Å²) >= 11 is 0. The number of phenols is 1. The average Bonchev–Trinajstić information content (AvgIpc) is 2.66. The molecule has 2 N–H and O–H groups in total. The number of benzene rings is 3. The summed E-state index contributed by atoms with van der Waals surface area (Å²) in [6, 6.07) is 17.8. The van der Waals surface area contributed by atoms with Gasteiger partial charge in [-0.3, -0.25) is 4.79 Å². The summed E-state index contributed by atoms with van der Waals surface area (Å²) in [7, 11) is 0. The van der Waals surface area contributed by atoms with Crippen LogP contribution in [-0.4, -0.2) is 23.8 Å². The molecule has 3 rings (SSSR count). The van der Waals surface area contributed by atoms with Gasteiger partial charge in [0.2, 0.25) is 0 Å². The molecule has 0 atom stereocenters. The number of nitrogens with one attached hydrogen (secondary N) is 1. The number of carbonyl (C=O) groups excluding carboxylic acids is 1. The zero-order chi connectivity index (χ0) is 18.4. The van der Waals surface area contributed by atoms with Gasteiger partial charge in [-0.1, -0.05) is 30.2 Å². The van der Waals surface area contributed by atoms with Gasteiger partial charge < -0.3 is 9.84 Å². The number of ether oxygens (including phenoxy) is 1. The zero-order valence-electron chi connectivity index (χ0n) is 13.8. The highest BCUT2D eigenvalue weighted by atomic mass is 16.5. The molecule has 0 heterocycles. The molecule has 3 aromatic rings. The van der Waals surface area contributed by atoms with Crippen LogP contribution in [0.25, 0.3) is 10.8 Å². The molecule has 1 amide bonds. The lowest BCUT2D eigenvalue weighted by Gasteiger charge is -2.06. The third kappa shape index (κ3) is 4.00. The number of hydrogen-bond donors (Lipinski definition) is 2. The molecule has 0 unspecified atom stereocenters. The Morgan fingerprint density at radius 3 is 2.54 bits per heavy atom. The first-order chi connectivity index (χ1) is 12.7. The van der Waals surface area contributed by atoms with Gasteiger partial charge in [-0.15, -0.1) is 6.42 Å². The van der Waals surface area contributed by atoms with Gasteiger partial charge in [0.05, 0.1) is 11.8 Å². The average molecular weight is 344 g/mol. The number of fused-ring (bicyclic) bond motifs is 1. The Bertz CT molecular complexity index is 1000. The largest absolute Gasteiger partial charge is 0.507 e. The summed E-state index contributed by atoms with van der Waals surface area (Å²) in [4.78, 5) is 12.2. The van der Waals surface area contributed by atoms with Gasteiger partial charge in [-0.2, -0.15) is 5.10 Å². The smallest absolute Gasteiger partial charge is 0.275 e. The van der Waals surface area contributed by atoms with Gasteiger partial charge in [0, 0.05) is 0 Å². The molecular weight excluding hydrogens is 328 g/mol. The molecule has 5 heteroatoms. The molecule has 0 spiro atoms. The molecule has 0 aliphatic rings. The fraction of sp³-hybridized carbons (Fsp3) is 0.0476. The minimum Gasteiger partial charge on any atom is -0.507 e. The second-order valence-corrected chi connectivity index (χ2v) is 5.48. The number of nitrogens with zero attached hydrogens (tertiary/aromatic N) is 1. The lowest BCUT2D eigenvalue weighted by atomic mass is 10.1. The van der Waals surface area contributed by atoms with Gasteiger partial charge in [0.25, 0.3) is 5.91 Å². The van der Waals surface area contributed by atoms with Crippen molar-refractivity contribution in [1.29, 1.82) is 0 Å². The first-order valence-corrected chi connectivity index (χ1v) is 7.89. The van der Waals surface area contributed by atoms with E-state index in [0.717, 1.165) is 16.3 Å². The molecule has 0 bridgehead atoms. The van der Waals surface area contributed by atoms with E-state index in [9.17, 15) is 9.90 Å². The van der Waals surface area contributed by atoms with Crippen LogP contribution < -0.4 is 10.2 Å². The van der Waals surface area contributed by atoms with Crippen molar-refractivity contribution in [2.45, 2.75) is 0 Å². The predicted molar refractivity (Wildman–Crippen MR) is 101 cm³/mol. The molecule has 3 aromatic carbocycles. The van der Waals surface area contributed by atoms with E-state index >= 15 is 0 Å². The van der Waals surface area contributed by atoms with Crippen molar-refractivity contribution in [2.24, 2.45) is 5.10 Å². The van der Waals surface area contributed by atoms with Gasteiger partial charge in [-0.25, -0.2) is 5.43 Å². The summed E-state index contributed by atoms with van der Waals surface area (Å²) in [5, 5.41) is 15.7. The SMILES string of the molecule is C#CCOc1ccc(C=NNC(=O)c2cc3ccccc3cc2O)cc1. The molecular formula is C21H16N2O3. The standard InChI is InChI=1S/C21H16N2O3/c1-2-11-26-18-9-7-15(8-10-18)14-22-23-21(25)19-12-16-5-3-4-6-17(16)13-20(19)24/h1,3-10,12-14,24H,11H2,(H,23,25). The van der Waals surface area contributed by atoms with Crippen LogP contribution in [0.3, 0.4) is 0 Å². The maximum absolute atomic E-state index is 12.2. The third-order valence-electron chi connectivity index (χ3n) is 3.69. The van der Waals surface area contributed by atoms with E-state index in [1.807, 2.05) is 24.3 Å². The molecule has 0 aliphatic carbocycles. The Morgan fingerprint density at radius 1 is 1.15 bits per heavy atom. The Morgan fingerprint density at radius 2 is 1.85 bits per heavy atom. The van der Waals surface area contributed by atoms with Gasteiger partial charge in [0.15, 0.2) is 0 Å². The second kappa shape index (κ2) is 7.86. The molecule has 5 nitrogen and oxygen atoms in total. The first kappa shape index (κ1) is 17.1.